The average molecular weight is 275 g/mol. The van der Waals surface area contributed by atoms with Crippen molar-refractivity contribution in [1.82, 2.24) is 9.97 Å². The molecule has 2 aromatic rings. The number of nitrogens with one attached hydrogen (secondary N) is 2. The van der Waals surface area contributed by atoms with Gasteiger partial charge in [0.2, 0.25) is 5.95 Å². The number of nitrogens with zero attached hydrogens (tertiary/aromatic N) is 1. The zero-order valence-corrected chi connectivity index (χ0v) is 13.6. The molecule has 1 heterocycles. The molecule has 86 valence electrons. The third kappa shape index (κ3) is 4.26. The molecule has 17 heavy (non-hydrogen) atoms. The van der Waals surface area contributed by atoms with Crippen LogP contribution in [0.5, 0.6) is 0 Å². The van der Waals surface area contributed by atoms with E-state index in [0.29, 0.717) is 0 Å². The topological polar surface area (TPSA) is 40.7 Å². The minimum Gasteiger partial charge on any atom is -1.00 e. The van der Waals surface area contributed by atoms with Gasteiger partial charge < -0.3 is 11.7 Å². The van der Waals surface area contributed by atoms with E-state index in [0.717, 1.165) is 33.5 Å². The first-order valence-electron chi connectivity index (χ1n) is 5.18. The fourth-order valence-electron chi connectivity index (χ4n) is 1.34. The fourth-order valence-corrected chi connectivity index (χ4v) is 2.24. The predicted molar refractivity (Wildman–Crippen MR) is 76.2 cm³/mol. The number of imidazole rings is 1. The van der Waals surface area contributed by atoms with Crippen LogP contribution in [0.15, 0.2) is 24.3 Å². The summed E-state index contributed by atoms with van der Waals surface area (Å²) in [6, 6.07) is 7.92. The van der Waals surface area contributed by atoms with E-state index < -0.39 is 0 Å². The summed E-state index contributed by atoms with van der Waals surface area (Å²) >= 11 is 6.84. The molecule has 0 aliphatic rings. The molecule has 1 aromatic heterocycles. The monoisotopic (exact) mass is 275 g/mol. The van der Waals surface area contributed by atoms with Crippen molar-refractivity contribution in [2.75, 3.05) is 11.1 Å². The Morgan fingerprint density at radius 2 is 2.29 bits per heavy atom. The molecule has 0 spiro atoms. The summed E-state index contributed by atoms with van der Waals surface area (Å²) in [5.74, 6) is 1.75. The molecule has 2 rings (SSSR count). The van der Waals surface area contributed by atoms with E-state index in [4.69, 9.17) is 12.2 Å². The SMILES string of the molecule is CCCSC(=S)Nc1nc2ccccc2[nH]1.[H-].[Na+]. The Hall–Kier alpha value is -0.0700. The maximum absolute atomic E-state index is 5.20. The number of fused-ring (bicyclic) bond motifs is 1. The molecule has 0 aliphatic carbocycles. The standard InChI is InChI=1S/C11H13N3S2.Na.H/c1-2-7-16-11(15)14-10-12-8-5-3-4-6-9(8)13-10;;/h3-6H,2,7H2,1H3,(H2,12,13,14,15);;/q;+1;-1. The summed E-state index contributed by atoms with van der Waals surface area (Å²) in [4.78, 5) is 7.57. The van der Waals surface area contributed by atoms with E-state index in [1.807, 2.05) is 24.3 Å². The smallest absolute Gasteiger partial charge is 1.00 e. The van der Waals surface area contributed by atoms with Gasteiger partial charge in [-0.15, -0.1) is 0 Å². The Balaban J connectivity index is 0.00000144. The van der Waals surface area contributed by atoms with Crippen LogP contribution in [0.4, 0.5) is 5.95 Å². The van der Waals surface area contributed by atoms with Gasteiger partial charge in [0.05, 0.1) is 11.0 Å². The molecule has 3 nitrogen and oxygen atoms in total. The Morgan fingerprint density at radius 3 is 3.00 bits per heavy atom. The van der Waals surface area contributed by atoms with E-state index in [1.165, 1.54) is 0 Å². The van der Waals surface area contributed by atoms with Crippen LogP contribution in [0.3, 0.4) is 0 Å². The van der Waals surface area contributed by atoms with Gasteiger partial charge in [0.1, 0.15) is 4.32 Å². The first kappa shape index (κ1) is 15.0. The van der Waals surface area contributed by atoms with Crippen LogP contribution in [-0.4, -0.2) is 20.0 Å². The number of para-hydroxylation sites is 2. The molecule has 2 N–H and O–H groups in total. The number of aromatic amines is 1. The predicted octanol–water partition coefficient (Wildman–Crippen LogP) is 0.519. The van der Waals surface area contributed by atoms with Gasteiger partial charge in [0, 0.05) is 0 Å². The number of H-pyrrole nitrogens is 1. The molecule has 0 amide bonds. The van der Waals surface area contributed by atoms with E-state index in [-0.39, 0.29) is 31.0 Å². The Labute approximate surface area is 134 Å². The number of hydrogen-bond acceptors (Lipinski definition) is 3. The van der Waals surface area contributed by atoms with Gasteiger partial charge in [-0.25, -0.2) is 4.98 Å². The number of thioether (sulfide) groups is 1. The molecule has 0 unspecified atom stereocenters. The number of rotatable bonds is 3. The van der Waals surface area contributed by atoms with Gasteiger partial charge in [0.25, 0.3) is 0 Å². The van der Waals surface area contributed by atoms with Gasteiger partial charge in [-0.1, -0.05) is 43.0 Å². The zero-order chi connectivity index (χ0) is 11.4. The molecule has 0 fully saturated rings. The van der Waals surface area contributed by atoms with Crippen LogP contribution >= 0.6 is 24.0 Å². The van der Waals surface area contributed by atoms with Gasteiger partial charge >= 0.3 is 29.6 Å². The zero-order valence-electron chi connectivity index (χ0n) is 11.0. The van der Waals surface area contributed by atoms with Crippen molar-refractivity contribution in [3.63, 3.8) is 0 Å². The van der Waals surface area contributed by atoms with E-state index in [2.05, 4.69) is 22.2 Å². The van der Waals surface area contributed by atoms with Crippen molar-refractivity contribution in [2.24, 2.45) is 0 Å². The molecular formula is C11H14N3NaS2. The molecular weight excluding hydrogens is 261 g/mol. The van der Waals surface area contributed by atoms with Gasteiger partial charge in [-0.2, -0.15) is 0 Å². The number of aromatic nitrogens is 2. The van der Waals surface area contributed by atoms with Crippen molar-refractivity contribution in [2.45, 2.75) is 13.3 Å². The minimum absolute atomic E-state index is 0. The molecule has 0 atom stereocenters. The second-order valence-corrected chi connectivity index (χ2v) is 5.14. The summed E-state index contributed by atoms with van der Waals surface area (Å²) < 4.78 is 0.765. The summed E-state index contributed by atoms with van der Waals surface area (Å²) in [6.07, 6.45) is 1.12. The molecule has 0 saturated heterocycles. The van der Waals surface area contributed by atoms with Crippen LogP contribution in [-0.2, 0) is 0 Å². The minimum atomic E-state index is 0. The first-order chi connectivity index (χ1) is 7.79. The van der Waals surface area contributed by atoms with Crippen molar-refractivity contribution in [3.05, 3.63) is 24.3 Å². The van der Waals surface area contributed by atoms with Crippen molar-refractivity contribution < 1.29 is 31.0 Å². The molecule has 0 bridgehead atoms. The maximum atomic E-state index is 5.20. The summed E-state index contributed by atoms with van der Waals surface area (Å²) in [6.45, 7) is 2.14. The maximum Gasteiger partial charge on any atom is 1.00 e. The van der Waals surface area contributed by atoms with Gasteiger partial charge in [-0.05, 0) is 24.3 Å². The van der Waals surface area contributed by atoms with Crippen LogP contribution in [0.25, 0.3) is 11.0 Å². The molecule has 1 aromatic carbocycles. The van der Waals surface area contributed by atoms with Gasteiger partial charge in [0.15, 0.2) is 0 Å². The number of benzene rings is 1. The normalized spacial score (nSPS) is 9.94. The van der Waals surface area contributed by atoms with E-state index in [1.54, 1.807) is 11.8 Å². The second kappa shape index (κ2) is 7.38. The van der Waals surface area contributed by atoms with Crippen LogP contribution < -0.4 is 34.9 Å². The van der Waals surface area contributed by atoms with Crippen molar-refractivity contribution >= 4 is 45.3 Å². The summed E-state index contributed by atoms with van der Waals surface area (Å²) in [5.41, 5.74) is 1.97. The Morgan fingerprint density at radius 1 is 1.53 bits per heavy atom. The van der Waals surface area contributed by atoms with Crippen LogP contribution in [0.2, 0.25) is 0 Å². The molecule has 0 aliphatic heterocycles. The molecule has 6 heteroatoms. The number of thiocarbonyl (C=S) groups is 1. The fraction of sp³-hybridized carbons (Fsp3) is 0.273. The summed E-state index contributed by atoms with van der Waals surface area (Å²) in [7, 11) is 0. The second-order valence-electron chi connectivity index (χ2n) is 3.36. The van der Waals surface area contributed by atoms with Crippen LogP contribution in [0, 0.1) is 0 Å². The van der Waals surface area contributed by atoms with Crippen molar-refractivity contribution in [3.8, 4) is 0 Å². The summed E-state index contributed by atoms with van der Waals surface area (Å²) in [5, 5.41) is 3.09. The Bertz CT molecular complexity index is 471. The number of anilines is 1. The largest absolute Gasteiger partial charge is 1.00 e. The Kier molecular flexibility index (Phi) is 6.51. The quantitative estimate of drug-likeness (QED) is 0.633. The first-order valence-corrected chi connectivity index (χ1v) is 6.57. The van der Waals surface area contributed by atoms with Crippen LogP contribution in [0.1, 0.15) is 14.8 Å². The van der Waals surface area contributed by atoms with E-state index >= 15 is 0 Å². The molecule has 0 radical (unpaired) electrons. The van der Waals surface area contributed by atoms with Gasteiger partial charge in [-0.3, -0.25) is 0 Å². The number of hydrogen-bond donors (Lipinski definition) is 2. The average Bonchev–Trinajstić information content (AvgIpc) is 2.68. The van der Waals surface area contributed by atoms with Crippen molar-refractivity contribution in [1.29, 1.82) is 0 Å². The third-order valence-corrected chi connectivity index (χ3v) is 3.48. The van der Waals surface area contributed by atoms with E-state index in [9.17, 15) is 0 Å². The molecule has 0 saturated carbocycles. The third-order valence-electron chi connectivity index (χ3n) is 2.05.